The summed E-state index contributed by atoms with van der Waals surface area (Å²) in [6.07, 6.45) is 1.54. The maximum Gasteiger partial charge on any atom is 0.303 e. The second-order valence-electron chi connectivity index (χ2n) is 5.00. The lowest BCUT2D eigenvalue weighted by Gasteiger charge is -2.32. The smallest absolute Gasteiger partial charge is 0.303 e. The van der Waals surface area contributed by atoms with Crippen molar-refractivity contribution in [3.05, 3.63) is 29.8 Å². The van der Waals surface area contributed by atoms with Crippen LogP contribution in [-0.2, 0) is 11.2 Å². The van der Waals surface area contributed by atoms with Crippen LogP contribution in [0.2, 0.25) is 0 Å². The quantitative estimate of drug-likeness (QED) is 0.871. The molecule has 0 radical (unpaired) electrons. The first-order valence-electron chi connectivity index (χ1n) is 6.02. The fourth-order valence-electron chi connectivity index (χ4n) is 2.40. The number of carboxylic acids is 1. The van der Waals surface area contributed by atoms with Gasteiger partial charge in [0.25, 0.3) is 0 Å². The number of para-hydroxylation sites is 1. The predicted octanol–water partition coefficient (Wildman–Crippen LogP) is 2.88. The number of fused-ring (bicyclic) bond motifs is 1. The number of hydrogen-bond donors (Lipinski definition) is 1. The summed E-state index contributed by atoms with van der Waals surface area (Å²) in [6, 6.07) is 7.96. The molecule has 1 aliphatic heterocycles. The van der Waals surface area contributed by atoms with Gasteiger partial charge in [0.15, 0.2) is 0 Å². The van der Waals surface area contributed by atoms with Crippen molar-refractivity contribution in [2.75, 3.05) is 0 Å². The first-order chi connectivity index (χ1) is 8.03. The van der Waals surface area contributed by atoms with Crippen LogP contribution >= 0.6 is 0 Å². The summed E-state index contributed by atoms with van der Waals surface area (Å²) >= 11 is 0. The Kier molecular flexibility index (Phi) is 3.09. The van der Waals surface area contributed by atoms with Gasteiger partial charge in [0.05, 0.1) is 0 Å². The Balaban J connectivity index is 2.20. The first kappa shape index (κ1) is 12.0. The Morgan fingerprint density at radius 1 is 1.47 bits per heavy atom. The molecule has 0 fully saturated rings. The van der Waals surface area contributed by atoms with E-state index in [1.165, 1.54) is 5.56 Å². The van der Waals surface area contributed by atoms with Crippen LogP contribution in [0.15, 0.2) is 24.3 Å². The van der Waals surface area contributed by atoms with E-state index in [1.54, 1.807) is 0 Å². The van der Waals surface area contributed by atoms with Crippen molar-refractivity contribution >= 4 is 5.97 Å². The van der Waals surface area contributed by atoms with Crippen molar-refractivity contribution in [2.45, 2.75) is 38.7 Å². The minimum absolute atomic E-state index is 0.159. The van der Waals surface area contributed by atoms with Gasteiger partial charge in [-0.15, -0.1) is 0 Å². The lowest BCUT2D eigenvalue weighted by Crippen LogP contribution is -2.40. The summed E-state index contributed by atoms with van der Waals surface area (Å²) in [5.41, 5.74) is 0.841. The zero-order valence-corrected chi connectivity index (χ0v) is 10.3. The van der Waals surface area contributed by atoms with Crippen molar-refractivity contribution in [1.82, 2.24) is 0 Å². The number of hydrogen-bond acceptors (Lipinski definition) is 2. The van der Waals surface area contributed by atoms with Gasteiger partial charge in [-0.25, -0.2) is 0 Å². The molecule has 0 saturated heterocycles. The third-order valence-electron chi connectivity index (χ3n) is 3.59. The fraction of sp³-hybridized carbons (Fsp3) is 0.500. The maximum atomic E-state index is 10.7. The molecule has 92 valence electrons. The molecule has 1 aromatic rings. The zero-order valence-electron chi connectivity index (χ0n) is 10.3. The Hall–Kier alpha value is -1.51. The van der Waals surface area contributed by atoms with Gasteiger partial charge in [0, 0.05) is 12.8 Å². The van der Waals surface area contributed by atoms with Crippen LogP contribution in [0.5, 0.6) is 5.75 Å². The molecule has 0 spiro atoms. The van der Waals surface area contributed by atoms with Crippen molar-refractivity contribution < 1.29 is 14.6 Å². The fourth-order valence-corrected chi connectivity index (χ4v) is 2.40. The predicted molar refractivity (Wildman–Crippen MR) is 65.2 cm³/mol. The second kappa shape index (κ2) is 4.40. The Morgan fingerprint density at radius 2 is 2.18 bits per heavy atom. The van der Waals surface area contributed by atoms with Gasteiger partial charge in [-0.2, -0.15) is 0 Å². The molecular weight excluding hydrogens is 216 g/mol. The van der Waals surface area contributed by atoms with E-state index in [9.17, 15) is 4.79 Å². The van der Waals surface area contributed by atoms with Gasteiger partial charge in [0.2, 0.25) is 0 Å². The Morgan fingerprint density at radius 3 is 2.76 bits per heavy atom. The van der Waals surface area contributed by atoms with Gasteiger partial charge in [-0.3, -0.25) is 4.79 Å². The molecule has 1 atom stereocenters. The first-order valence-corrected chi connectivity index (χ1v) is 6.02. The summed E-state index contributed by atoms with van der Waals surface area (Å²) in [7, 11) is 0. The standard InChI is InChI=1S/C14H18O3/c1-10(2)14(8-7-13(15)16)9-11-5-3-4-6-12(11)17-14/h3-6,10H,7-9H2,1-2H3,(H,15,16). The van der Waals surface area contributed by atoms with Crippen molar-refractivity contribution in [2.24, 2.45) is 5.92 Å². The van der Waals surface area contributed by atoms with Crippen LogP contribution in [0, 0.1) is 5.92 Å². The Bertz CT molecular complexity index is 398. The number of aliphatic carboxylic acids is 1. The van der Waals surface area contributed by atoms with Crippen molar-refractivity contribution in [3.8, 4) is 5.75 Å². The molecule has 1 heterocycles. The Labute approximate surface area is 101 Å². The third kappa shape index (κ3) is 2.28. The van der Waals surface area contributed by atoms with E-state index in [0.717, 1.165) is 12.2 Å². The molecule has 17 heavy (non-hydrogen) atoms. The van der Waals surface area contributed by atoms with Gasteiger partial charge in [-0.05, 0) is 24.0 Å². The van der Waals surface area contributed by atoms with Crippen LogP contribution in [0.4, 0.5) is 0 Å². The van der Waals surface area contributed by atoms with Crippen LogP contribution < -0.4 is 4.74 Å². The maximum absolute atomic E-state index is 10.7. The highest BCUT2D eigenvalue weighted by molar-refractivity contribution is 5.66. The normalized spacial score (nSPS) is 22.3. The lowest BCUT2D eigenvalue weighted by molar-refractivity contribution is -0.138. The van der Waals surface area contributed by atoms with Crippen LogP contribution in [0.1, 0.15) is 32.3 Å². The molecule has 3 nitrogen and oxygen atoms in total. The van der Waals surface area contributed by atoms with E-state index in [1.807, 2.05) is 18.2 Å². The van der Waals surface area contributed by atoms with E-state index >= 15 is 0 Å². The molecule has 0 amide bonds. The molecule has 2 rings (SSSR count). The van der Waals surface area contributed by atoms with Crippen molar-refractivity contribution in [1.29, 1.82) is 0 Å². The number of carbonyl (C=O) groups is 1. The molecule has 0 aliphatic carbocycles. The summed E-state index contributed by atoms with van der Waals surface area (Å²) < 4.78 is 6.04. The van der Waals surface area contributed by atoms with Crippen molar-refractivity contribution in [3.63, 3.8) is 0 Å². The minimum atomic E-state index is -0.760. The largest absolute Gasteiger partial charge is 0.486 e. The molecule has 0 aromatic heterocycles. The van der Waals surface area contributed by atoms with Gasteiger partial charge >= 0.3 is 5.97 Å². The van der Waals surface area contributed by atoms with Crippen LogP contribution in [-0.4, -0.2) is 16.7 Å². The number of rotatable bonds is 4. The lowest BCUT2D eigenvalue weighted by atomic mass is 9.82. The number of carboxylic acid groups (broad SMARTS) is 1. The molecule has 1 unspecified atom stereocenters. The van der Waals surface area contributed by atoms with Gasteiger partial charge in [-0.1, -0.05) is 32.0 Å². The van der Waals surface area contributed by atoms with E-state index in [0.29, 0.717) is 12.3 Å². The summed E-state index contributed by atoms with van der Waals surface area (Å²) in [6.45, 7) is 4.18. The second-order valence-corrected chi connectivity index (χ2v) is 5.00. The summed E-state index contributed by atoms with van der Waals surface area (Å²) in [4.78, 5) is 10.7. The highest BCUT2D eigenvalue weighted by atomic mass is 16.5. The van der Waals surface area contributed by atoms with Gasteiger partial charge in [0.1, 0.15) is 11.4 Å². The number of ether oxygens (including phenoxy) is 1. The van der Waals surface area contributed by atoms with Crippen LogP contribution in [0.25, 0.3) is 0 Å². The molecular formula is C14H18O3. The molecule has 0 bridgehead atoms. The van der Waals surface area contributed by atoms with E-state index in [4.69, 9.17) is 9.84 Å². The average molecular weight is 234 g/mol. The topological polar surface area (TPSA) is 46.5 Å². The highest BCUT2D eigenvalue weighted by Gasteiger charge is 2.41. The van der Waals surface area contributed by atoms with E-state index in [2.05, 4.69) is 19.9 Å². The third-order valence-corrected chi connectivity index (χ3v) is 3.59. The van der Waals surface area contributed by atoms with E-state index in [-0.39, 0.29) is 12.0 Å². The highest BCUT2D eigenvalue weighted by Crippen LogP contribution is 2.41. The van der Waals surface area contributed by atoms with Crippen LogP contribution in [0.3, 0.4) is 0 Å². The van der Waals surface area contributed by atoms with E-state index < -0.39 is 5.97 Å². The molecule has 0 saturated carbocycles. The minimum Gasteiger partial charge on any atom is -0.486 e. The molecule has 3 heteroatoms. The number of benzene rings is 1. The molecule has 1 N–H and O–H groups in total. The summed E-state index contributed by atoms with van der Waals surface area (Å²) in [5.74, 6) is 0.449. The molecule has 1 aliphatic rings. The summed E-state index contributed by atoms with van der Waals surface area (Å²) in [5, 5.41) is 8.83. The zero-order chi connectivity index (χ0) is 12.5. The molecule has 1 aromatic carbocycles. The van der Waals surface area contributed by atoms with Gasteiger partial charge < -0.3 is 9.84 Å². The average Bonchev–Trinajstić information content (AvgIpc) is 2.66. The SMILES string of the molecule is CC(C)C1(CCC(=O)O)Cc2ccccc2O1. The monoisotopic (exact) mass is 234 g/mol.